The fourth-order valence-corrected chi connectivity index (χ4v) is 2.22. The molecule has 0 aromatic heterocycles. The maximum absolute atomic E-state index is 12.1. The highest BCUT2D eigenvalue weighted by molar-refractivity contribution is 5.97. The summed E-state index contributed by atoms with van der Waals surface area (Å²) in [6.45, 7) is 3.96. The Balaban J connectivity index is 1.98. The Morgan fingerprint density at radius 2 is 1.94 bits per heavy atom. The lowest BCUT2D eigenvalue weighted by molar-refractivity contribution is 0.0912. The van der Waals surface area contributed by atoms with Gasteiger partial charge in [-0.05, 0) is 57.4 Å². The van der Waals surface area contributed by atoms with Gasteiger partial charge >= 0.3 is 0 Å². The Bertz CT molecular complexity index is 419. The molecule has 0 radical (unpaired) electrons. The number of ketones is 1. The summed E-state index contributed by atoms with van der Waals surface area (Å²) in [5, 5.41) is 0. The summed E-state index contributed by atoms with van der Waals surface area (Å²) in [7, 11) is 0. The van der Waals surface area contributed by atoms with E-state index < -0.39 is 0 Å². The first-order valence-electron chi connectivity index (χ1n) is 6.57. The van der Waals surface area contributed by atoms with Crippen LogP contribution >= 0.6 is 0 Å². The van der Waals surface area contributed by atoms with Crippen molar-refractivity contribution in [2.75, 3.05) is 0 Å². The third-order valence-corrected chi connectivity index (χ3v) is 3.41. The molecule has 2 N–H and O–H groups in total. The number of nitrogens with two attached hydrogens (primary N) is 1. The molecule has 2 rings (SSSR count). The molecular formula is C15H21NO2. The molecule has 1 fully saturated rings. The average molecular weight is 247 g/mol. The minimum Gasteiger partial charge on any atom is -0.491 e. The predicted octanol–water partition coefficient (Wildman–Crippen LogP) is 2.93. The van der Waals surface area contributed by atoms with Gasteiger partial charge in [0, 0.05) is 17.5 Å². The van der Waals surface area contributed by atoms with E-state index in [1.54, 1.807) is 0 Å². The van der Waals surface area contributed by atoms with E-state index in [0.717, 1.165) is 30.6 Å². The number of carbonyl (C=O) groups excluding carboxylic acids is 1. The fourth-order valence-electron chi connectivity index (χ4n) is 2.22. The van der Waals surface area contributed by atoms with Crippen molar-refractivity contribution in [2.24, 2.45) is 5.73 Å². The summed E-state index contributed by atoms with van der Waals surface area (Å²) < 4.78 is 5.55. The minimum absolute atomic E-state index is 0.133. The lowest BCUT2D eigenvalue weighted by Crippen LogP contribution is -2.48. The lowest BCUT2D eigenvalue weighted by atomic mass is 9.74. The van der Waals surface area contributed by atoms with Crippen LogP contribution in [0.2, 0.25) is 0 Å². The highest BCUT2D eigenvalue weighted by atomic mass is 16.5. The number of hydrogen-bond donors (Lipinski definition) is 1. The minimum atomic E-state index is -0.246. The summed E-state index contributed by atoms with van der Waals surface area (Å²) in [5.74, 6) is 0.931. The molecule has 0 bridgehead atoms. The summed E-state index contributed by atoms with van der Waals surface area (Å²) in [6, 6.07) is 7.33. The van der Waals surface area contributed by atoms with Crippen molar-refractivity contribution in [3.63, 3.8) is 0 Å². The molecule has 1 saturated carbocycles. The van der Waals surface area contributed by atoms with E-state index in [4.69, 9.17) is 10.5 Å². The standard InChI is InChI=1S/C15H21NO2/c1-11(2)18-13-6-4-12(5-7-13)14(17)10-15(16)8-3-9-15/h4-7,11H,3,8-10,16H2,1-2H3. The molecule has 1 aliphatic carbocycles. The zero-order valence-corrected chi connectivity index (χ0v) is 11.1. The van der Waals surface area contributed by atoms with E-state index in [9.17, 15) is 4.79 Å². The Morgan fingerprint density at radius 3 is 2.39 bits per heavy atom. The SMILES string of the molecule is CC(C)Oc1ccc(C(=O)CC2(N)CCC2)cc1. The summed E-state index contributed by atoms with van der Waals surface area (Å²) in [4.78, 5) is 12.1. The van der Waals surface area contributed by atoms with Gasteiger partial charge in [0.25, 0.3) is 0 Å². The predicted molar refractivity (Wildman–Crippen MR) is 71.9 cm³/mol. The molecule has 0 unspecified atom stereocenters. The normalized spacial score (nSPS) is 17.3. The molecule has 98 valence electrons. The number of benzene rings is 1. The molecule has 0 atom stereocenters. The zero-order chi connectivity index (χ0) is 13.2. The van der Waals surface area contributed by atoms with Crippen LogP contribution in [0.15, 0.2) is 24.3 Å². The topological polar surface area (TPSA) is 52.3 Å². The highest BCUT2D eigenvalue weighted by Gasteiger charge is 2.34. The number of rotatable bonds is 5. The highest BCUT2D eigenvalue weighted by Crippen LogP contribution is 2.33. The van der Waals surface area contributed by atoms with Crippen LogP contribution in [-0.4, -0.2) is 17.4 Å². The average Bonchev–Trinajstić information content (AvgIpc) is 2.27. The first-order valence-corrected chi connectivity index (χ1v) is 6.57. The fraction of sp³-hybridized carbons (Fsp3) is 0.533. The van der Waals surface area contributed by atoms with Crippen molar-refractivity contribution in [3.8, 4) is 5.75 Å². The van der Waals surface area contributed by atoms with Gasteiger partial charge in [-0.2, -0.15) is 0 Å². The Hall–Kier alpha value is -1.35. The van der Waals surface area contributed by atoms with Crippen LogP contribution in [-0.2, 0) is 0 Å². The van der Waals surface area contributed by atoms with Gasteiger partial charge in [-0.25, -0.2) is 0 Å². The van der Waals surface area contributed by atoms with E-state index in [0.29, 0.717) is 6.42 Å². The monoisotopic (exact) mass is 247 g/mol. The van der Waals surface area contributed by atoms with Gasteiger partial charge in [-0.15, -0.1) is 0 Å². The second-order valence-electron chi connectivity index (χ2n) is 5.51. The quantitative estimate of drug-likeness (QED) is 0.814. The molecule has 3 nitrogen and oxygen atoms in total. The van der Waals surface area contributed by atoms with Gasteiger partial charge < -0.3 is 10.5 Å². The van der Waals surface area contributed by atoms with Crippen molar-refractivity contribution >= 4 is 5.78 Å². The molecule has 0 amide bonds. The Labute approximate surface area is 108 Å². The number of Topliss-reactive ketones (excluding diaryl/α,β-unsaturated/α-hetero) is 1. The third-order valence-electron chi connectivity index (χ3n) is 3.41. The third kappa shape index (κ3) is 3.10. The van der Waals surface area contributed by atoms with Crippen LogP contribution < -0.4 is 10.5 Å². The van der Waals surface area contributed by atoms with E-state index in [1.807, 2.05) is 38.1 Å². The van der Waals surface area contributed by atoms with Gasteiger partial charge in [-0.1, -0.05) is 0 Å². The smallest absolute Gasteiger partial charge is 0.164 e. The van der Waals surface area contributed by atoms with Gasteiger partial charge in [0.15, 0.2) is 5.78 Å². The molecule has 0 heterocycles. The van der Waals surface area contributed by atoms with Gasteiger partial charge in [0.2, 0.25) is 0 Å². The van der Waals surface area contributed by atoms with Crippen LogP contribution in [0, 0.1) is 0 Å². The largest absolute Gasteiger partial charge is 0.491 e. The molecule has 1 aliphatic rings. The maximum Gasteiger partial charge on any atom is 0.164 e. The van der Waals surface area contributed by atoms with Gasteiger partial charge in [0.05, 0.1) is 6.10 Å². The molecule has 1 aromatic rings. The second-order valence-corrected chi connectivity index (χ2v) is 5.51. The maximum atomic E-state index is 12.1. The molecule has 0 spiro atoms. The van der Waals surface area contributed by atoms with Crippen molar-refractivity contribution in [2.45, 2.75) is 51.2 Å². The molecule has 1 aromatic carbocycles. The van der Waals surface area contributed by atoms with Crippen molar-refractivity contribution in [3.05, 3.63) is 29.8 Å². The summed E-state index contributed by atoms with van der Waals surface area (Å²) in [6.07, 6.45) is 3.68. The first kappa shape index (κ1) is 13.1. The number of carbonyl (C=O) groups is 1. The van der Waals surface area contributed by atoms with Crippen LogP contribution in [0.25, 0.3) is 0 Å². The van der Waals surface area contributed by atoms with Crippen molar-refractivity contribution < 1.29 is 9.53 Å². The Kier molecular flexibility index (Phi) is 3.71. The second kappa shape index (κ2) is 5.11. The number of ether oxygens (including phenoxy) is 1. The molecule has 18 heavy (non-hydrogen) atoms. The summed E-state index contributed by atoms with van der Waals surface area (Å²) in [5.41, 5.74) is 6.57. The molecule has 3 heteroatoms. The van der Waals surface area contributed by atoms with Crippen molar-refractivity contribution in [1.82, 2.24) is 0 Å². The molecule has 0 saturated heterocycles. The molecular weight excluding hydrogens is 226 g/mol. The molecule has 0 aliphatic heterocycles. The van der Waals surface area contributed by atoms with E-state index >= 15 is 0 Å². The Morgan fingerprint density at radius 1 is 1.33 bits per heavy atom. The van der Waals surface area contributed by atoms with Crippen LogP contribution in [0.1, 0.15) is 49.9 Å². The zero-order valence-electron chi connectivity index (χ0n) is 11.1. The van der Waals surface area contributed by atoms with E-state index in [-0.39, 0.29) is 17.4 Å². The van der Waals surface area contributed by atoms with Crippen molar-refractivity contribution in [1.29, 1.82) is 0 Å². The summed E-state index contributed by atoms with van der Waals surface area (Å²) >= 11 is 0. The van der Waals surface area contributed by atoms with E-state index in [1.165, 1.54) is 0 Å². The van der Waals surface area contributed by atoms with Crippen LogP contribution in [0.5, 0.6) is 5.75 Å². The van der Waals surface area contributed by atoms with Crippen LogP contribution in [0.4, 0.5) is 0 Å². The van der Waals surface area contributed by atoms with Crippen LogP contribution in [0.3, 0.4) is 0 Å². The van der Waals surface area contributed by atoms with E-state index in [2.05, 4.69) is 0 Å². The van der Waals surface area contributed by atoms with Gasteiger partial charge in [0.1, 0.15) is 5.75 Å². The first-order chi connectivity index (χ1) is 8.48. The van der Waals surface area contributed by atoms with Gasteiger partial charge in [-0.3, -0.25) is 4.79 Å². The number of hydrogen-bond acceptors (Lipinski definition) is 3. The lowest BCUT2D eigenvalue weighted by Gasteiger charge is -2.37.